The third kappa shape index (κ3) is 3.97. The molecule has 0 heterocycles. The Bertz CT molecular complexity index is 542. The molecule has 0 bridgehead atoms. The lowest BCUT2D eigenvalue weighted by Crippen LogP contribution is -2.15. The van der Waals surface area contributed by atoms with Crippen molar-refractivity contribution in [3.63, 3.8) is 0 Å². The summed E-state index contributed by atoms with van der Waals surface area (Å²) < 4.78 is 11.0. The van der Waals surface area contributed by atoms with Gasteiger partial charge < -0.3 is 15.2 Å². The smallest absolute Gasteiger partial charge is 0.118 e. The van der Waals surface area contributed by atoms with E-state index in [9.17, 15) is 0 Å². The van der Waals surface area contributed by atoms with Crippen LogP contribution in [0.25, 0.3) is 0 Å². The van der Waals surface area contributed by atoms with E-state index in [0.717, 1.165) is 16.9 Å². The fourth-order valence-electron chi connectivity index (χ4n) is 1.94. The van der Waals surface area contributed by atoms with Crippen molar-refractivity contribution >= 4 is 11.6 Å². The molecule has 0 spiro atoms. The Balaban J connectivity index is 2.01. The molecule has 2 N–H and O–H groups in total. The molecule has 106 valence electrons. The SMILES string of the molecule is COc1ccc(C(CN)OCc2cccc(Cl)c2)cc1. The molecule has 1 unspecified atom stereocenters. The Hall–Kier alpha value is -1.55. The Labute approximate surface area is 124 Å². The summed E-state index contributed by atoms with van der Waals surface area (Å²) in [4.78, 5) is 0. The zero-order chi connectivity index (χ0) is 14.4. The van der Waals surface area contributed by atoms with Gasteiger partial charge in [0.25, 0.3) is 0 Å². The standard InChI is InChI=1S/C16H18ClNO2/c1-19-15-7-5-13(6-8-15)16(10-18)20-11-12-3-2-4-14(17)9-12/h2-9,16H,10-11,18H2,1H3. The predicted octanol–water partition coefficient (Wildman–Crippen LogP) is 3.57. The average molecular weight is 292 g/mol. The molecule has 0 aliphatic rings. The highest BCUT2D eigenvalue weighted by molar-refractivity contribution is 6.30. The van der Waals surface area contributed by atoms with Crippen LogP contribution in [0.15, 0.2) is 48.5 Å². The molecule has 0 aliphatic heterocycles. The van der Waals surface area contributed by atoms with Gasteiger partial charge in [-0.1, -0.05) is 35.9 Å². The van der Waals surface area contributed by atoms with Gasteiger partial charge in [0.2, 0.25) is 0 Å². The second kappa shape index (κ2) is 7.29. The lowest BCUT2D eigenvalue weighted by molar-refractivity contribution is 0.0456. The Morgan fingerprint density at radius 3 is 2.50 bits per heavy atom. The molecule has 0 radical (unpaired) electrons. The van der Waals surface area contributed by atoms with Crippen LogP contribution in [-0.2, 0) is 11.3 Å². The summed E-state index contributed by atoms with van der Waals surface area (Å²) in [6.07, 6.45) is -0.139. The summed E-state index contributed by atoms with van der Waals surface area (Å²) in [6.45, 7) is 0.904. The van der Waals surface area contributed by atoms with Gasteiger partial charge in [-0.2, -0.15) is 0 Å². The maximum Gasteiger partial charge on any atom is 0.118 e. The summed E-state index contributed by atoms with van der Waals surface area (Å²) in [7, 11) is 1.64. The van der Waals surface area contributed by atoms with Crippen LogP contribution in [0, 0.1) is 0 Å². The number of rotatable bonds is 6. The monoisotopic (exact) mass is 291 g/mol. The van der Waals surface area contributed by atoms with Crippen LogP contribution in [-0.4, -0.2) is 13.7 Å². The highest BCUT2D eigenvalue weighted by atomic mass is 35.5. The van der Waals surface area contributed by atoms with Gasteiger partial charge in [0, 0.05) is 11.6 Å². The first-order chi connectivity index (χ1) is 9.72. The Morgan fingerprint density at radius 1 is 1.15 bits per heavy atom. The van der Waals surface area contributed by atoms with Gasteiger partial charge in [-0.15, -0.1) is 0 Å². The van der Waals surface area contributed by atoms with E-state index < -0.39 is 0 Å². The number of ether oxygens (including phenoxy) is 2. The fraction of sp³-hybridized carbons (Fsp3) is 0.250. The molecule has 0 aliphatic carbocycles. The third-order valence-electron chi connectivity index (χ3n) is 3.04. The van der Waals surface area contributed by atoms with Crippen LogP contribution in [0.4, 0.5) is 0 Å². The fourth-order valence-corrected chi connectivity index (χ4v) is 2.16. The van der Waals surface area contributed by atoms with E-state index in [-0.39, 0.29) is 6.10 Å². The molecular weight excluding hydrogens is 274 g/mol. The van der Waals surface area contributed by atoms with Crippen molar-refractivity contribution in [1.82, 2.24) is 0 Å². The number of hydrogen-bond acceptors (Lipinski definition) is 3. The molecule has 2 aromatic rings. The average Bonchev–Trinajstić information content (AvgIpc) is 2.48. The van der Waals surface area contributed by atoms with E-state index in [4.69, 9.17) is 26.8 Å². The van der Waals surface area contributed by atoms with Crippen molar-refractivity contribution in [3.05, 3.63) is 64.7 Å². The summed E-state index contributed by atoms with van der Waals surface area (Å²) in [5.41, 5.74) is 7.86. The van der Waals surface area contributed by atoms with Crippen LogP contribution in [0.5, 0.6) is 5.75 Å². The first kappa shape index (κ1) is 14.9. The van der Waals surface area contributed by atoms with Crippen molar-refractivity contribution in [3.8, 4) is 5.75 Å². The predicted molar refractivity (Wildman–Crippen MR) is 81.0 cm³/mol. The maximum atomic E-state index is 5.95. The topological polar surface area (TPSA) is 44.5 Å². The lowest BCUT2D eigenvalue weighted by atomic mass is 10.1. The zero-order valence-electron chi connectivity index (χ0n) is 11.4. The van der Waals surface area contributed by atoms with Gasteiger partial charge >= 0.3 is 0 Å². The highest BCUT2D eigenvalue weighted by Crippen LogP contribution is 2.21. The molecule has 0 saturated heterocycles. The summed E-state index contributed by atoms with van der Waals surface area (Å²) in [5, 5.41) is 0.708. The van der Waals surface area contributed by atoms with Crippen LogP contribution in [0.1, 0.15) is 17.2 Å². The largest absolute Gasteiger partial charge is 0.497 e. The van der Waals surface area contributed by atoms with Gasteiger partial charge in [-0.3, -0.25) is 0 Å². The van der Waals surface area contributed by atoms with Crippen LogP contribution < -0.4 is 10.5 Å². The lowest BCUT2D eigenvalue weighted by Gasteiger charge is -2.17. The molecule has 1 atom stereocenters. The molecular formula is C16H18ClNO2. The molecule has 3 nitrogen and oxygen atoms in total. The van der Waals surface area contributed by atoms with Crippen LogP contribution >= 0.6 is 11.6 Å². The van der Waals surface area contributed by atoms with Crippen LogP contribution in [0.3, 0.4) is 0 Å². The van der Waals surface area contributed by atoms with E-state index in [2.05, 4.69) is 0 Å². The molecule has 2 aromatic carbocycles. The number of methoxy groups -OCH3 is 1. The quantitative estimate of drug-likeness (QED) is 0.885. The van der Waals surface area contributed by atoms with E-state index in [0.29, 0.717) is 18.2 Å². The molecule has 4 heteroatoms. The van der Waals surface area contributed by atoms with Crippen LogP contribution in [0.2, 0.25) is 5.02 Å². The molecule has 20 heavy (non-hydrogen) atoms. The van der Waals surface area contributed by atoms with Crippen molar-refractivity contribution in [2.75, 3.05) is 13.7 Å². The van der Waals surface area contributed by atoms with Gasteiger partial charge in [-0.25, -0.2) is 0 Å². The normalized spacial score (nSPS) is 12.2. The first-order valence-corrected chi connectivity index (χ1v) is 6.81. The van der Waals surface area contributed by atoms with Crippen molar-refractivity contribution in [1.29, 1.82) is 0 Å². The maximum absolute atomic E-state index is 5.95. The van der Waals surface area contributed by atoms with E-state index in [1.165, 1.54) is 0 Å². The molecule has 0 saturated carbocycles. The van der Waals surface area contributed by atoms with E-state index in [1.54, 1.807) is 7.11 Å². The number of benzene rings is 2. The Morgan fingerprint density at radius 2 is 1.90 bits per heavy atom. The minimum atomic E-state index is -0.139. The van der Waals surface area contributed by atoms with Crippen molar-refractivity contribution < 1.29 is 9.47 Å². The van der Waals surface area contributed by atoms with Gasteiger partial charge in [0.15, 0.2) is 0 Å². The van der Waals surface area contributed by atoms with E-state index >= 15 is 0 Å². The minimum Gasteiger partial charge on any atom is -0.497 e. The second-order valence-corrected chi connectivity index (χ2v) is 4.87. The molecule has 2 rings (SSSR count). The molecule has 0 amide bonds. The Kier molecular flexibility index (Phi) is 5.41. The van der Waals surface area contributed by atoms with E-state index in [1.807, 2.05) is 48.5 Å². The minimum absolute atomic E-state index is 0.139. The van der Waals surface area contributed by atoms with Crippen molar-refractivity contribution in [2.24, 2.45) is 5.73 Å². The van der Waals surface area contributed by atoms with Gasteiger partial charge in [0.05, 0.1) is 19.8 Å². The summed E-state index contributed by atoms with van der Waals surface area (Å²) in [5.74, 6) is 0.819. The highest BCUT2D eigenvalue weighted by Gasteiger charge is 2.10. The van der Waals surface area contributed by atoms with Gasteiger partial charge in [-0.05, 0) is 35.4 Å². The third-order valence-corrected chi connectivity index (χ3v) is 3.28. The molecule has 0 fully saturated rings. The summed E-state index contributed by atoms with van der Waals surface area (Å²) in [6, 6.07) is 15.4. The zero-order valence-corrected chi connectivity index (χ0v) is 12.1. The number of halogens is 1. The van der Waals surface area contributed by atoms with Gasteiger partial charge in [0.1, 0.15) is 5.75 Å². The molecule has 0 aromatic heterocycles. The van der Waals surface area contributed by atoms with Crippen molar-refractivity contribution in [2.45, 2.75) is 12.7 Å². The number of nitrogens with two attached hydrogens (primary N) is 1. The summed E-state index contributed by atoms with van der Waals surface area (Å²) >= 11 is 5.95. The second-order valence-electron chi connectivity index (χ2n) is 4.44. The first-order valence-electron chi connectivity index (χ1n) is 6.43. The number of hydrogen-bond donors (Lipinski definition) is 1.